The molecule has 0 aliphatic rings. The zero-order chi connectivity index (χ0) is 12.0. The Morgan fingerprint density at radius 2 is 2.12 bits per heavy atom. The van der Waals surface area contributed by atoms with Gasteiger partial charge in [0.1, 0.15) is 6.04 Å². The van der Waals surface area contributed by atoms with Crippen LogP contribution in [0.3, 0.4) is 0 Å². The van der Waals surface area contributed by atoms with Gasteiger partial charge >= 0.3 is 5.97 Å². The molecule has 1 rings (SSSR count). The number of hydrogen-bond donors (Lipinski definition) is 3. The Morgan fingerprint density at radius 3 is 2.69 bits per heavy atom. The van der Waals surface area contributed by atoms with Crippen molar-refractivity contribution in [3.63, 3.8) is 0 Å². The van der Waals surface area contributed by atoms with E-state index >= 15 is 0 Å². The quantitative estimate of drug-likeness (QED) is 0.666. The number of carboxylic acids is 1. The first kappa shape index (κ1) is 12.7. The minimum Gasteiger partial charge on any atom is -0.480 e. The number of carboxylic acid groups (broad SMARTS) is 1. The molecule has 3 N–H and O–H groups in total. The molecule has 1 aromatic carbocycles. The topological polar surface area (TPSA) is 69.6 Å². The molecule has 0 unspecified atom stereocenters. The van der Waals surface area contributed by atoms with Crippen molar-refractivity contribution >= 4 is 5.97 Å². The molecule has 0 radical (unpaired) electrons. The second-order valence-corrected chi connectivity index (χ2v) is 3.70. The normalized spacial score (nSPS) is 12.4. The van der Waals surface area contributed by atoms with Gasteiger partial charge in [0.15, 0.2) is 0 Å². The van der Waals surface area contributed by atoms with Gasteiger partial charge in [0.2, 0.25) is 0 Å². The van der Waals surface area contributed by atoms with E-state index in [-0.39, 0.29) is 6.61 Å². The number of carbonyl (C=O) groups is 1. The molecule has 0 aromatic heterocycles. The first-order valence-electron chi connectivity index (χ1n) is 5.26. The molecular formula is C12H17NO3. The summed E-state index contributed by atoms with van der Waals surface area (Å²) in [6.07, 6.45) is 1.23. The van der Waals surface area contributed by atoms with E-state index in [1.807, 2.05) is 24.3 Å². The van der Waals surface area contributed by atoms with Gasteiger partial charge in [-0.15, -0.1) is 0 Å². The van der Waals surface area contributed by atoms with E-state index in [1.165, 1.54) is 0 Å². The molecule has 0 bridgehead atoms. The fourth-order valence-corrected chi connectivity index (χ4v) is 1.59. The third-order valence-corrected chi connectivity index (χ3v) is 2.54. The summed E-state index contributed by atoms with van der Waals surface area (Å²) in [6.45, 7) is 0.0161. The molecule has 88 valence electrons. The van der Waals surface area contributed by atoms with Crippen LogP contribution in [-0.4, -0.2) is 29.3 Å². The summed E-state index contributed by atoms with van der Waals surface area (Å²) in [5.41, 5.74) is 1.90. The van der Waals surface area contributed by atoms with E-state index in [4.69, 9.17) is 10.2 Å². The number of benzene rings is 1. The number of aryl methyl sites for hydroxylation is 1. The molecule has 4 heteroatoms. The van der Waals surface area contributed by atoms with Crippen molar-refractivity contribution in [3.05, 3.63) is 35.4 Å². The predicted octanol–water partition coefficient (Wildman–Crippen LogP) is 0.784. The van der Waals surface area contributed by atoms with Crippen LogP contribution in [0.2, 0.25) is 0 Å². The van der Waals surface area contributed by atoms with Crippen molar-refractivity contribution in [3.8, 4) is 0 Å². The Morgan fingerprint density at radius 1 is 1.44 bits per heavy atom. The second kappa shape index (κ2) is 6.25. The minimum atomic E-state index is -0.833. The highest BCUT2D eigenvalue weighted by Crippen LogP contribution is 2.09. The van der Waals surface area contributed by atoms with Gasteiger partial charge in [-0.1, -0.05) is 24.3 Å². The molecule has 16 heavy (non-hydrogen) atoms. The third kappa shape index (κ3) is 3.64. The number of hydrogen-bond acceptors (Lipinski definition) is 3. The standard InChI is InChI=1S/C12H17NO3/c1-13-11(12(15)16)6-5-9-3-2-4-10(7-9)8-14/h2-4,7,11,13-14H,5-6,8H2,1H3,(H,15,16)/t11-/m1/s1. The van der Waals surface area contributed by atoms with Gasteiger partial charge in [-0.2, -0.15) is 0 Å². The molecule has 0 saturated heterocycles. The van der Waals surface area contributed by atoms with Crippen molar-refractivity contribution in [1.82, 2.24) is 5.32 Å². The number of rotatable bonds is 6. The number of nitrogens with one attached hydrogen (secondary N) is 1. The molecular weight excluding hydrogens is 206 g/mol. The van der Waals surface area contributed by atoms with Crippen LogP contribution >= 0.6 is 0 Å². The fraction of sp³-hybridized carbons (Fsp3) is 0.417. The van der Waals surface area contributed by atoms with Crippen LogP contribution in [0.25, 0.3) is 0 Å². The lowest BCUT2D eigenvalue weighted by Crippen LogP contribution is -2.34. The molecule has 4 nitrogen and oxygen atoms in total. The molecule has 0 fully saturated rings. The Balaban J connectivity index is 2.56. The third-order valence-electron chi connectivity index (χ3n) is 2.54. The van der Waals surface area contributed by atoms with Gasteiger partial charge in [0.05, 0.1) is 6.61 Å². The summed E-state index contributed by atoms with van der Waals surface area (Å²) < 4.78 is 0. The van der Waals surface area contributed by atoms with Crippen molar-refractivity contribution in [1.29, 1.82) is 0 Å². The molecule has 0 heterocycles. The highest BCUT2D eigenvalue weighted by Gasteiger charge is 2.14. The first-order valence-corrected chi connectivity index (χ1v) is 5.26. The molecule has 0 amide bonds. The van der Waals surface area contributed by atoms with Crippen LogP contribution in [0, 0.1) is 0 Å². The van der Waals surface area contributed by atoms with Crippen molar-refractivity contribution in [2.75, 3.05) is 7.05 Å². The highest BCUT2D eigenvalue weighted by atomic mass is 16.4. The average molecular weight is 223 g/mol. The number of aliphatic hydroxyl groups excluding tert-OH is 1. The molecule has 0 saturated carbocycles. The van der Waals surface area contributed by atoms with Crippen LogP contribution in [-0.2, 0) is 17.8 Å². The van der Waals surface area contributed by atoms with Crippen LogP contribution in [0.4, 0.5) is 0 Å². The maximum atomic E-state index is 10.8. The molecule has 0 spiro atoms. The van der Waals surface area contributed by atoms with Crippen LogP contribution in [0.5, 0.6) is 0 Å². The zero-order valence-corrected chi connectivity index (χ0v) is 9.31. The molecule has 1 aromatic rings. The lowest BCUT2D eigenvalue weighted by Gasteiger charge is -2.11. The second-order valence-electron chi connectivity index (χ2n) is 3.70. The fourth-order valence-electron chi connectivity index (χ4n) is 1.59. The van der Waals surface area contributed by atoms with Gasteiger partial charge < -0.3 is 15.5 Å². The summed E-state index contributed by atoms with van der Waals surface area (Å²) in [5, 5.41) is 20.6. The summed E-state index contributed by atoms with van der Waals surface area (Å²) in [6, 6.07) is 7.03. The van der Waals surface area contributed by atoms with E-state index in [0.717, 1.165) is 11.1 Å². The van der Waals surface area contributed by atoms with Crippen molar-refractivity contribution in [2.45, 2.75) is 25.5 Å². The first-order chi connectivity index (χ1) is 7.67. The molecule has 1 atom stereocenters. The van der Waals surface area contributed by atoms with Crippen LogP contribution < -0.4 is 5.32 Å². The highest BCUT2D eigenvalue weighted by molar-refractivity contribution is 5.73. The maximum Gasteiger partial charge on any atom is 0.320 e. The van der Waals surface area contributed by atoms with Gasteiger partial charge in [-0.3, -0.25) is 4.79 Å². The SMILES string of the molecule is CN[C@H](CCc1cccc(CO)c1)C(=O)O. The summed E-state index contributed by atoms with van der Waals surface area (Å²) in [4.78, 5) is 10.8. The van der Waals surface area contributed by atoms with E-state index < -0.39 is 12.0 Å². The van der Waals surface area contributed by atoms with Gasteiger partial charge in [0.25, 0.3) is 0 Å². The summed E-state index contributed by atoms with van der Waals surface area (Å²) >= 11 is 0. The summed E-state index contributed by atoms with van der Waals surface area (Å²) in [7, 11) is 1.64. The van der Waals surface area contributed by atoms with Gasteiger partial charge in [-0.25, -0.2) is 0 Å². The van der Waals surface area contributed by atoms with Crippen molar-refractivity contribution in [2.24, 2.45) is 0 Å². The van der Waals surface area contributed by atoms with E-state index in [9.17, 15) is 4.79 Å². The maximum absolute atomic E-state index is 10.8. The lowest BCUT2D eigenvalue weighted by molar-refractivity contribution is -0.139. The predicted molar refractivity (Wildman–Crippen MR) is 61.2 cm³/mol. The monoisotopic (exact) mass is 223 g/mol. The number of aliphatic hydroxyl groups is 1. The zero-order valence-electron chi connectivity index (χ0n) is 9.31. The van der Waals surface area contributed by atoms with Gasteiger partial charge in [-0.05, 0) is 31.0 Å². The largest absolute Gasteiger partial charge is 0.480 e. The molecule has 0 aliphatic carbocycles. The number of aliphatic carboxylic acids is 1. The minimum absolute atomic E-state index is 0.0161. The van der Waals surface area contributed by atoms with Crippen LogP contribution in [0.1, 0.15) is 17.5 Å². The smallest absolute Gasteiger partial charge is 0.320 e. The number of likely N-dealkylation sites (N-methyl/N-ethyl adjacent to an activating group) is 1. The lowest BCUT2D eigenvalue weighted by atomic mass is 10.0. The Hall–Kier alpha value is -1.39. The average Bonchev–Trinajstić information content (AvgIpc) is 2.29. The Bertz CT molecular complexity index is 352. The molecule has 0 aliphatic heterocycles. The van der Waals surface area contributed by atoms with Crippen LogP contribution in [0.15, 0.2) is 24.3 Å². The van der Waals surface area contributed by atoms with Crippen molar-refractivity contribution < 1.29 is 15.0 Å². The van der Waals surface area contributed by atoms with E-state index in [0.29, 0.717) is 12.8 Å². The van der Waals surface area contributed by atoms with Gasteiger partial charge in [0, 0.05) is 0 Å². The van der Waals surface area contributed by atoms with E-state index in [1.54, 1.807) is 7.05 Å². The summed E-state index contributed by atoms with van der Waals surface area (Å²) in [5.74, 6) is -0.833. The van der Waals surface area contributed by atoms with E-state index in [2.05, 4.69) is 5.32 Å². The Labute approximate surface area is 94.9 Å². The Kier molecular flexibility index (Phi) is 4.95.